The average molecular weight is 251 g/mol. The van der Waals surface area contributed by atoms with Crippen LogP contribution in [0.15, 0.2) is 0 Å². The Hall–Kier alpha value is -0.170. The van der Waals surface area contributed by atoms with E-state index in [2.05, 4.69) is 4.72 Å². The van der Waals surface area contributed by atoms with E-state index in [9.17, 15) is 8.42 Å². The summed E-state index contributed by atoms with van der Waals surface area (Å²) in [4.78, 5) is 0. The Morgan fingerprint density at radius 2 is 2.06 bits per heavy atom. The lowest BCUT2D eigenvalue weighted by Gasteiger charge is -2.25. The molecule has 0 saturated carbocycles. The molecule has 1 fully saturated rings. The van der Waals surface area contributed by atoms with Crippen LogP contribution in [0.2, 0.25) is 0 Å². The first-order valence-electron chi connectivity index (χ1n) is 5.80. The summed E-state index contributed by atoms with van der Waals surface area (Å²) in [6.45, 7) is 2.95. The Morgan fingerprint density at radius 1 is 1.44 bits per heavy atom. The van der Waals surface area contributed by atoms with Crippen molar-refractivity contribution in [3.63, 3.8) is 0 Å². The van der Waals surface area contributed by atoms with Gasteiger partial charge in [0.2, 0.25) is 10.0 Å². The standard InChI is InChI=1S/C10H21NO4S/c1-2-9(3-6-12)11-16(13,14)10-4-7-15-8-5-10/h9-12H,2-8H2,1H3. The summed E-state index contributed by atoms with van der Waals surface area (Å²) in [5.74, 6) is 0. The molecule has 2 N–H and O–H groups in total. The maximum Gasteiger partial charge on any atom is 0.214 e. The Balaban J connectivity index is 2.54. The first-order valence-corrected chi connectivity index (χ1v) is 7.34. The molecule has 1 aliphatic heterocycles. The summed E-state index contributed by atoms with van der Waals surface area (Å²) >= 11 is 0. The quantitative estimate of drug-likeness (QED) is 0.709. The summed E-state index contributed by atoms with van der Waals surface area (Å²) < 4.78 is 31.8. The second kappa shape index (κ2) is 6.54. The highest BCUT2D eigenvalue weighted by atomic mass is 32.2. The van der Waals surface area contributed by atoms with Crippen LogP contribution in [0.3, 0.4) is 0 Å². The Bertz CT molecular complexity index is 285. The number of ether oxygens (including phenoxy) is 1. The van der Waals surface area contributed by atoms with E-state index < -0.39 is 10.0 Å². The average Bonchev–Trinajstić information content (AvgIpc) is 2.29. The zero-order valence-electron chi connectivity index (χ0n) is 9.68. The van der Waals surface area contributed by atoms with E-state index in [1.165, 1.54) is 0 Å². The van der Waals surface area contributed by atoms with Gasteiger partial charge >= 0.3 is 0 Å². The number of hydrogen-bond acceptors (Lipinski definition) is 4. The monoisotopic (exact) mass is 251 g/mol. The zero-order chi connectivity index (χ0) is 12.0. The van der Waals surface area contributed by atoms with Gasteiger partial charge in [-0.1, -0.05) is 6.92 Å². The molecule has 0 bridgehead atoms. The highest BCUT2D eigenvalue weighted by molar-refractivity contribution is 7.90. The number of aliphatic hydroxyl groups excluding tert-OH is 1. The molecule has 1 atom stereocenters. The van der Waals surface area contributed by atoms with E-state index in [4.69, 9.17) is 9.84 Å². The molecule has 0 aliphatic carbocycles. The van der Waals surface area contributed by atoms with Crippen LogP contribution >= 0.6 is 0 Å². The molecule has 0 aromatic heterocycles. The van der Waals surface area contributed by atoms with Crippen LogP contribution in [0.5, 0.6) is 0 Å². The minimum atomic E-state index is -3.26. The molecule has 1 unspecified atom stereocenters. The molecule has 1 saturated heterocycles. The first kappa shape index (κ1) is 13.9. The van der Waals surface area contributed by atoms with Gasteiger partial charge in [-0.2, -0.15) is 0 Å². The van der Waals surface area contributed by atoms with Crippen molar-refractivity contribution in [2.45, 2.75) is 43.9 Å². The maximum absolute atomic E-state index is 12.0. The molecule has 1 aliphatic rings. The molecule has 0 radical (unpaired) electrons. The molecule has 1 heterocycles. The smallest absolute Gasteiger partial charge is 0.214 e. The van der Waals surface area contributed by atoms with Gasteiger partial charge in [-0.25, -0.2) is 13.1 Å². The number of rotatable bonds is 6. The van der Waals surface area contributed by atoms with Gasteiger partial charge in [-0.3, -0.25) is 0 Å². The second-order valence-electron chi connectivity index (χ2n) is 4.09. The van der Waals surface area contributed by atoms with Gasteiger partial charge in [-0.15, -0.1) is 0 Å². The van der Waals surface area contributed by atoms with Gasteiger partial charge in [-0.05, 0) is 25.7 Å². The van der Waals surface area contributed by atoms with Gasteiger partial charge in [0.25, 0.3) is 0 Å². The fourth-order valence-electron chi connectivity index (χ4n) is 1.82. The fraction of sp³-hybridized carbons (Fsp3) is 1.00. The van der Waals surface area contributed by atoms with Crippen molar-refractivity contribution in [1.29, 1.82) is 0 Å². The van der Waals surface area contributed by atoms with Crippen LogP contribution in [0.4, 0.5) is 0 Å². The summed E-state index contributed by atoms with van der Waals surface area (Å²) in [5, 5.41) is 8.48. The van der Waals surface area contributed by atoms with Crippen LogP contribution in [0.25, 0.3) is 0 Å². The normalized spacial score (nSPS) is 20.9. The van der Waals surface area contributed by atoms with Gasteiger partial charge in [0.1, 0.15) is 0 Å². The lowest BCUT2D eigenvalue weighted by atomic mass is 10.2. The second-order valence-corrected chi connectivity index (χ2v) is 6.08. The topological polar surface area (TPSA) is 75.6 Å². The predicted molar refractivity (Wildman–Crippen MR) is 61.7 cm³/mol. The Morgan fingerprint density at radius 3 is 2.56 bits per heavy atom. The van der Waals surface area contributed by atoms with Gasteiger partial charge < -0.3 is 9.84 Å². The van der Waals surface area contributed by atoms with Crippen molar-refractivity contribution in [3.05, 3.63) is 0 Å². The lowest BCUT2D eigenvalue weighted by Crippen LogP contribution is -2.43. The highest BCUT2D eigenvalue weighted by Gasteiger charge is 2.29. The van der Waals surface area contributed by atoms with Gasteiger partial charge in [0.15, 0.2) is 0 Å². The van der Waals surface area contributed by atoms with E-state index in [0.29, 0.717) is 38.9 Å². The van der Waals surface area contributed by atoms with Crippen LogP contribution < -0.4 is 4.72 Å². The summed E-state index contributed by atoms with van der Waals surface area (Å²) in [5.41, 5.74) is 0. The third-order valence-electron chi connectivity index (χ3n) is 2.91. The third-order valence-corrected chi connectivity index (χ3v) is 4.92. The van der Waals surface area contributed by atoms with E-state index >= 15 is 0 Å². The summed E-state index contributed by atoms with van der Waals surface area (Å²) in [6.07, 6.45) is 2.29. The van der Waals surface area contributed by atoms with Gasteiger partial charge in [0.05, 0.1) is 5.25 Å². The van der Waals surface area contributed by atoms with Crippen LogP contribution in [-0.4, -0.2) is 44.6 Å². The van der Waals surface area contributed by atoms with E-state index in [-0.39, 0.29) is 17.9 Å². The van der Waals surface area contributed by atoms with Crippen molar-refractivity contribution >= 4 is 10.0 Å². The molecule has 16 heavy (non-hydrogen) atoms. The van der Waals surface area contributed by atoms with E-state index in [0.717, 1.165) is 0 Å². The van der Waals surface area contributed by atoms with Crippen LogP contribution in [0.1, 0.15) is 32.6 Å². The largest absolute Gasteiger partial charge is 0.396 e. The van der Waals surface area contributed by atoms with Crippen molar-refractivity contribution in [2.75, 3.05) is 19.8 Å². The molecule has 6 heteroatoms. The fourth-order valence-corrected chi connectivity index (χ4v) is 3.57. The van der Waals surface area contributed by atoms with E-state index in [1.54, 1.807) is 0 Å². The maximum atomic E-state index is 12.0. The highest BCUT2D eigenvalue weighted by Crippen LogP contribution is 2.16. The molecule has 1 rings (SSSR count). The van der Waals surface area contributed by atoms with Crippen molar-refractivity contribution in [2.24, 2.45) is 0 Å². The number of aliphatic hydroxyl groups is 1. The predicted octanol–water partition coefficient (Wildman–Crippen LogP) is 0.246. The Kier molecular flexibility index (Phi) is 5.68. The van der Waals surface area contributed by atoms with Crippen LogP contribution in [0, 0.1) is 0 Å². The van der Waals surface area contributed by atoms with Crippen LogP contribution in [-0.2, 0) is 14.8 Å². The molecule has 5 nitrogen and oxygen atoms in total. The molecule has 0 aromatic carbocycles. The molecule has 0 amide bonds. The first-order chi connectivity index (χ1) is 7.60. The van der Waals surface area contributed by atoms with Crippen molar-refractivity contribution < 1.29 is 18.3 Å². The number of hydrogen-bond donors (Lipinski definition) is 2. The van der Waals surface area contributed by atoms with E-state index in [1.807, 2.05) is 6.92 Å². The zero-order valence-corrected chi connectivity index (χ0v) is 10.5. The molecule has 0 spiro atoms. The summed E-state index contributed by atoms with van der Waals surface area (Å²) in [6, 6.07) is -0.155. The molecular weight excluding hydrogens is 230 g/mol. The third kappa shape index (κ3) is 4.01. The number of sulfonamides is 1. The SMILES string of the molecule is CCC(CCO)NS(=O)(=O)C1CCOCC1. The Labute approximate surface area is 97.2 Å². The lowest BCUT2D eigenvalue weighted by molar-refractivity contribution is 0.0980. The number of nitrogens with one attached hydrogen (secondary N) is 1. The van der Waals surface area contributed by atoms with Crippen molar-refractivity contribution in [3.8, 4) is 0 Å². The van der Waals surface area contributed by atoms with Crippen molar-refractivity contribution in [1.82, 2.24) is 4.72 Å². The molecule has 96 valence electrons. The summed E-state index contributed by atoms with van der Waals surface area (Å²) in [7, 11) is -3.26. The minimum absolute atomic E-state index is 0.00873. The van der Waals surface area contributed by atoms with Gasteiger partial charge in [0, 0.05) is 25.9 Å². The molecular formula is C10H21NO4S. The molecule has 0 aromatic rings. The minimum Gasteiger partial charge on any atom is -0.396 e.